The number of alkyl carbamates (subject to hydrolysis) is 1. The minimum Gasteiger partial charge on any atom is -0.448 e. The first-order valence-electron chi connectivity index (χ1n) is 8.47. The van der Waals surface area contributed by atoms with Crippen LogP contribution < -0.4 is 11.1 Å². The van der Waals surface area contributed by atoms with Gasteiger partial charge in [-0.25, -0.2) is 9.59 Å². The zero-order valence-corrected chi connectivity index (χ0v) is 18.5. The van der Waals surface area contributed by atoms with Crippen molar-refractivity contribution in [1.82, 2.24) is 5.32 Å². The summed E-state index contributed by atoms with van der Waals surface area (Å²) in [7, 11) is 0. The van der Waals surface area contributed by atoms with Crippen molar-refractivity contribution in [3.63, 3.8) is 0 Å². The maximum absolute atomic E-state index is 11.5. The van der Waals surface area contributed by atoms with E-state index in [0.717, 1.165) is 0 Å². The molecular formula is C17H32Cl2N2O6. The molecule has 0 saturated carbocycles. The van der Waals surface area contributed by atoms with E-state index >= 15 is 0 Å². The van der Waals surface area contributed by atoms with E-state index in [1.807, 2.05) is 13.8 Å². The summed E-state index contributed by atoms with van der Waals surface area (Å²) >= 11 is 10.4. The second-order valence-electron chi connectivity index (χ2n) is 7.28. The average Bonchev–Trinajstić information content (AvgIpc) is 2.50. The van der Waals surface area contributed by atoms with Crippen LogP contribution in [0.25, 0.3) is 0 Å². The summed E-state index contributed by atoms with van der Waals surface area (Å²) in [6, 6.07) is -1.68. The van der Waals surface area contributed by atoms with Gasteiger partial charge in [-0.2, -0.15) is 0 Å². The molecule has 0 spiro atoms. The fraction of sp³-hybridized carbons (Fsp3) is 0.824. The predicted octanol–water partition coefficient (Wildman–Crippen LogP) is 2.98. The number of carbonyl (C=O) groups is 3. The van der Waals surface area contributed by atoms with Crippen LogP contribution in [0.4, 0.5) is 4.79 Å². The molecule has 2 atom stereocenters. The largest absolute Gasteiger partial charge is 0.448 e. The molecule has 0 heterocycles. The van der Waals surface area contributed by atoms with Gasteiger partial charge in [0.15, 0.2) is 12.1 Å². The van der Waals surface area contributed by atoms with Gasteiger partial charge in [-0.05, 0) is 32.6 Å². The van der Waals surface area contributed by atoms with Crippen LogP contribution in [0, 0.1) is 11.8 Å². The van der Waals surface area contributed by atoms with Crippen LogP contribution in [-0.4, -0.2) is 47.8 Å². The van der Waals surface area contributed by atoms with Crippen LogP contribution in [0.15, 0.2) is 0 Å². The van der Waals surface area contributed by atoms with E-state index in [2.05, 4.69) is 14.8 Å². The maximum Gasteiger partial charge on any atom is 0.408 e. The Morgan fingerprint density at radius 1 is 0.926 bits per heavy atom. The summed E-state index contributed by atoms with van der Waals surface area (Å²) in [5.41, 5.74) is 4.80. The van der Waals surface area contributed by atoms with E-state index in [-0.39, 0.29) is 24.0 Å². The molecule has 0 aliphatic heterocycles. The Kier molecular flexibility index (Phi) is 14.3. The zero-order chi connectivity index (χ0) is 21.8. The predicted molar refractivity (Wildman–Crippen MR) is 104 cm³/mol. The highest BCUT2D eigenvalue weighted by Gasteiger charge is 2.27. The highest BCUT2D eigenvalue weighted by atomic mass is 35.5. The molecule has 0 saturated heterocycles. The van der Waals surface area contributed by atoms with Crippen molar-refractivity contribution in [1.29, 1.82) is 0 Å². The first-order valence-corrected chi connectivity index (χ1v) is 9.54. The van der Waals surface area contributed by atoms with Gasteiger partial charge in [-0.1, -0.05) is 50.9 Å². The molecule has 3 N–H and O–H groups in total. The lowest BCUT2D eigenvalue weighted by Gasteiger charge is -2.24. The Bertz CT molecular complexity index is 467. The molecule has 160 valence electrons. The molecule has 0 aromatic rings. The minimum atomic E-state index is -0.761. The van der Waals surface area contributed by atoms with Gasteiger partial charge in [-0.3, -0.25) is 4.79 Å². The van der Waals surface area contributed by atoms with Crippen molar-refractivity contribution < 1.29 is 28.6 Å². The molecule has 0 rings (SSSR count). The quantitative estimate of drug-likeness (QED) is 0.362. The number of rotatable bonds is 7. The molecule has 10 heteroatoms. The first kappa shape index (κ1) is 28.0. The molecule has 0 aliphatic carbocycles. The van der Waals surface area contributed by atoms with Crippen molar-refractivity contribution in [3.8, 4) is 0 Å². The van der Waals surface area contributed by atoms with Crippen LogP contribution in [0.1, 0.15) is 48.5 Å². The van der Waals surface area contributed by atoms with Gasteiger partial charge in [-0.15, -0.1) is 0 Å². The van der Waals surface area contributed by atoms with Crippen LogP contribution >= 0.6 is 23.2 Å². The Morgan fingerprint density at radius 2 is 1.37 bits per heavy atom. The van der Waals surface area contributed by atoms with E-state index < -0.39 is 35.7 Å². The summed E-state index contributed by atoms with van der Waals surface area (Å²) in [4.78, 5) is 33.8. The van der Waals surface area contributed by atoms with Gasteiger partial charge < -0.3 is 25.3 Å². The van der Waals surface area contributed by atoms with Crippen LogP contribution in [-0.2, 0) is 23.8 Å². The Balaban J connectivity index is 0. The van der Waals surface area contributed by atoms with Gasteiger partial charge in [0.2, 0.25) is 0 Å². The third-order valence-electron chi connectivity index (χ3n) is 2.98. The minimum absolute atomic E-state index is 0.0933. The van der Waals surface area contributed by atoms with E-state index in [1.165, 1.54) is 0 Å². The van der Waals surface area contributed by atoms with Gasteiger partial charge in [0.1, 0.15) is 17.7 Å². The van der Waals surface area contributed by atoms with Crippen LogP contribution in [0.3, 0.4) is 0 Å². The van der Waals surface area contributed by atoms with Crippen molar-refractivity contribution in [2.24, 2.45) is 17.6 Å². The third kappa shape index (κ3) is 14.5. The lowest BCUT2D eigenvalue weighted by Crippen LogP contribution is -2.47. The summed E-state index contributed by atoms with van der Waals surface area (Å²) in [5.74, 6) is -1.03. The lowest BCUT2D eigenvalue weighted by molar-refractivity contribution is -0.145. The first-order chi connectivity index (χ1) is 12.3. The lowest BCUT2D eigenvalue weighted by atomic mass is 10.1. The van der Waals surface area contributed by atoms with E-state index in [9.17, 15) is 14.4 Å². The van der Waals surface area contributed by atoms with Gasteiger partial charge in [0.25, 0.3) is 0 Å². The topological polar surface area (TPSA) is 117 Å². The van der Waals surface area contributed by atoms with Crippen LogP contribution in [0.5, 0.6) is 0 Å². The SMILES string of the molecule is CC(C)[C@H](N)C(=O)OCCl.CC(C)[C@H](NC(=O)OC(C)(C)C)C(=O)OCCl. The smallest absolute Gasteiger partial charge is 0.408 e. The zero-order valence-electron chi connectivity index (χ0n) is 17.0. The van der Waals surface area contributed by atoms with Crippen molar-refractivity contribution in [3.05, 3.63) is 0 Å². The number of amides is 1. The summed E-state index contributed by atoms with van der Waals surface area (Å²) in [6.45, 7) is 12.5. The summed E-state index contributed by atoms with van der Waals surface area (Å²) < 4.78 is 14.2. The number of nitrogens with two attached hydrogens (primary N) is 1. The molecule has 0 radical (unpaired) electrons. The van der Waals surface area contributed by atoms with Crippen LogP contribution in [0.2, 0.25) is 0 Å². The average molecular weight is 431 g/mol. The number of hydrogen-bond acceptors (Lipinski definition) is 7. The monoisotopic (exact) mass is 430 g/mol. The standard InChI is InChI=1S/C11H20ClNO4.C6H12ClNO2/c1-7(2)8(9(14)16-6-12)13-10(15)17-11(3,4)5;1-4(2)5(8)6(9)10-3-7/h7-8H,6H2,1-5H3,(H,13,15);4-5H,3,8H2,1-2H3/t8-;5-/m00/s1. The highest BCUT2D eigenvalue weighted by molar-refractivity contribution is 6.17. The molecule has 0 fully saturated rings. The molecule has 0 aromatic carbocycles. The number of ether oxygens (including phenoxy) is 3. The molecule has 0 aliphatic rings. The van der Waals surface area contributed by atoms with Gasteiger partial charge in [0, 0.05) is 0 Å². The number of esters is 2. The van der Waals surface area contributed by atoms with E-state index in [4.69, 9.17) is 33.7 Å². The molecule has 1 amide bonds. The Labute approximate surface area is 171 Å². The second kappa shape index (κ2) is 13.8. The Morgan fingerprint density at radius 3 is 1.70 bits per heavy atom. The van der Waals surface area contributed by atoms with E-state index in [0.29, 0.717) is 0 Å². The maximum atomic E-state index is 11.5. The molecule has 27 heavy (non-hydrogen) atoms. The fourth-order valence-electron chi connectivity index (χ4n) is 1.50. The Hall–Kier alpha value is -1.25. The molecular weight excluding hydrogens is 399 g/mol. The molecule has 0 unspecified atom stereocenters. The fourth-order valence-corrected chi connectivity index (χ4v) is 1.71. The van der Waals surface area contributed by atoms with Crippen molar-refractivity contribution in [2.75, 3.05) is 12.1 Å². The molecule has 0 bridgehead atoms. The van der Waals surface area contributed by atoms with E-state index in [1.54, 1.807) is 34.6 Å². The number of nitrogens with one attached hydrogen (secondary N) is 1. The summed E-state index contributed by atoms with van der Waals surface area (Å²) in [6.07, 6.45) is -0.650. The number of halogens is 2. The number of alkyl halides is 2. The van der Waals surface area contributed by atoms with Crippen molar-refractivity contribution >= 4 is 41.2 Å². The normalized spacial score (nSPS) is 13.2. The number of hydrogen-bond donors (Lipinski definition) is 2. The number of carbonyl (C=O) groups excluding carboxylic acids is 3. The molecule has 0 aromatic heterocycles. The summed E-state index contributed by atoms with van der Waals surface area (Å²) in [5, 5.41) is 2.46. The third-order valence-corrected chi connectivity index (χ3v) is 3.20. The van der Waals surface area contributed by atoms with Crippen molar-refractivity contribution in [2.45, 2.75) is 66.2 Å². The second-order valence-corrected chi connectivity index (χ2v) is 7.72. The highest BCUT2D eigenvalue weighted by Crippen LogP contribution is 2.09. The molecule has 8 nitrogen and oxygen atoms in total. The van der Waals surface area contributed by atoms with Gasteiger partial charge >= 0.3 is 18.0 Å². The van der Waals surface area contributed by atoms with Gasteiger partial charge in [0.05, 0.1) is 0 Å².